The summed E-state index contributed by atoms with van der Waals surface area (Å²) in [7, 11) is 1.96. The van der Waals surface area contributed by atoms with Crippen LogP contribution in [0.4, 0.5) is 4.79 Å². The summed E-state index contributed by atoms with van der Waals surface area (Å²) in [5.74, 6) is 0.693. The van der Waals surface area contributed by atoms with Crippen molar-refractivity contribution in [2.45, 2.75) is 12.8 Å². The molecule has 0 aromatic rings. The predicted octanol–water partition coefficient (Wildman–Crippen LogP) is 1.24. The van der Waals surface area contributed by atoms with Crippen molar-refractivity contribution in [2.75, 3.05) is 33.3 Å². The van der Waals surface area contributed by atoms with Gasteiger partial charge in [0, 0.05) is 13.1 Å². The van der Waals surface area contributed by atoms with Gasteiger partial charge in [-0.25, -0.2) is 4.79 Å². The van der Waals surface area contributed by atoms with E-state index in [-0.39, 0.29) is 6.09 Å². The number of likely N-dealkylation sites (tertiary alicyclic amines) is 1. The number of hydrogen-bond acceptors (Lipinski definition) is 3. The third-order valence-electron chi connectivity index (χ3n) is 2.69. The molecule has 0 saturated carbocycles. The van der Waals surface area contributed by atoms with Gasteiger partial charge in [0.2, 0.25) is 0 Å². The van der Waals surface area contributed by atoms with Crippen molar-refractivity contribution in [3.8, 4) is 0 Å². The van der Waals surface area contributed by atoms with Crippen LogP contribution < -0.4 is 5.32 Å². The van der Waals surface area contributed by atoms with Crippen LogP contribution in [0.25, 0.3) is 0 Å². The third-order valence-corrected chi connectivity index (χ3v) is 2.69. The number of carbonyl (C=O) groups is 1. The number of hydrogen-bond donors (Lipinski definition) is 1. The van der Waals surface area contributed by atoms with Gasteiger partial charge in [0.15, 0.2) is 0 Å². The fraction of sp³-hybridized carbons (Fsp3) is 0.727. The highest BCUT2D eigenvalue weighted by molar-refractivity contribution is 5.67. The van der Waals surface area contributed by atoms with Gasteiger partial charge < -0.3 is 15.0 Å². The van der Waals surface area contributed by atoms with E-state index in [0.29, 0.717) is 12.5 Å². The van der Waals surface area contributed by atoms with Crippen LogP contribution in [-0.2, 0) is 4.74 Å². The fourth-order valence-electron chi connectivity index (χ4n) is 1.83. The number of piperidine rings is 1. The monoisotopic (exact) mass is 212 g/mol. The molecule has 1 aliphatic rings. The van der Waals surface area contributed by atoms with Crippen LogP contribution in [0.3, 0.4) is 0 Å². The van der Waals surface area contributed by atoms with E-state index in [1.807, 2.05) is 7.05 Å². The summed E-state index contributed by atoms with van der Waals surface area (Å²) in [5.41, 5.74) is 0. The zero-order valence-electron chi connectivity index (χ0n) is 9.37. The normalized spacial score (nSPS) is 17.5. The first-order valence-corrected chi connectivity index (χ1v) is 5.45. The molecule has 86 valence electrons. The van der Waals surface area contributed by atoms with Gasteiger partial charge in [-0.1, -0.05) is 12.7 Å². The van der Waals surface area contributed by atoms with E-state index in [9.17, 15) is 4.79 Å². The van der Waals surface area contributed by atoms with Crippen LogP contribution in [0.2, 0.25) is 0 Å². The van der Waals surface area contributed by atoms with Crippen LogP contribution >= 0.6 is 0 Å². The van der Waals surface area contributed by atoms with Crippen LogP contribution in [0, 0.1) is 5.92 Å². The van der Waals surface area contributed by atoms with Crippen LogP contribution in [0.1, 0.15) is 12.8 Å². The van der Waals surface area contributed by atoms with Crippen molar-refractivity contribution >= 4 is 6.09 Å². The number of rotatable bonds is 4. The Kier molecular flexibility index (Phi) is 5.18. The summed E-state index contributed by atoms with van der Waals surface area (Å²) >= 11 is 0. The van der Waals surface area contributed by atoms with Gasteiger partial charge in [0.05, 0.1) is 0 Å². The lowest BCUT2D eigenvalue weighted by atomic mass is 9.97. The maximum atomic E-state index is 11.5. The van der Waals surface area contributed by atoms with E-state index in [1.54, 1.807) is 11.0 Å². The summed E-state index contributed by atoms with van der Waals surface area (Å²) in [6.07, 6.45) is 3.50. The van der Waals surface area contributed by atoms with Gasteiger partial charge in [-0.05, 0) is 32.4 Å². The molecule has 1 amide bonds. The molecule has 0 radical (unpaired) electrons. The Balaban J connectivity index is 2.24. The smallest absolute Gasteiger partial charge is 0.410 e. The summed E-state index contributed by atoms with van der Waals surface area (Å²) < 4.78 is 4.98. The second-order valence-electron chi connectivity index (χ2n) is 3.85. The Morgan fingerprint density at radius 3 is 2.80 bits per heavy atom. The Morgan fingerprint density at radius 2 is 2.27 bits per heavy atom. The molecule has 0 spiro atoms. The molecule has 1 saturated heterocycles. The first kappa shape index (κ1) is 12.0. The number of nitrogens with one attached hydrogen (secondary N) is 1. The number of amides is 1. The topological polar surface area (TPSA) is 41.6 Å². The molecule has 0 atom stereocenters. The Labute approximate surface area is 91.3 Å². The summed E-state index contributed by atoms with van der Waals surface area (Å²) in [6.45, 7) is 6.46. The molecule has 15 heavy (non-hydrogen) atoms. The largest absolute Gasteiger partial charge is 0.445 e. The van der Waals surface area contributed by atoms with Crippen LogP contribution in [-0.4, -0.2) is 44.3 Å². The molecule has 0 aliphatic carbocycles. The Bertz CT molecular complexity index is 211. The number of ether oxygens (including phenoxy) is 1. The maximum absolute atomic E-state index is 11.5. The minimum Gasteiger partial charge on any atom is -0.445 e. The van der Waals surface area contributed by atoms with Gasteiger partial charge in [0.25, 0.3) is 0 Å². The van der Waals surface area contributed by atoms with Crippen molar-refractivity contribution < 1.29 is 9.53 Å². The van der Waals surface area contributed by atoms with Gasteiger partial charge in [-0.3, -0.25) is 0 Å². The van der Waals surface area contributed by atoms with E-state index in [1.165, 1.54) is 0 Å². The Hall–Kier alpha value is -1.03. The highest BCUT2D eigenvalue weighted by atomic mass is 16.6. The number of nitrogens with zero attached hydrogens (tertiary/aromatic N) is 1. The summed E-state index contributed by atoms with van der Waals surface area (Å²) in [5, 5.41) is 3.17. The van der Waals surface area contributed by atoms with Crippen molar-refractivity contribution in [1.82, 2.24) is 10.2 Å². The zero-order chi connectivity index (χ0) is 11.1. The van der Waals surface area contributed by atoms with E-state index < -0.39 is 0 Å². The first-order valence-electron chi connectivity index (χ1n) is 5.45. The maximum Gasteiger partial charge on any atom is 0.410 e. The SMILES string of the molecule is C=CCOC(=O)N1CCC(CNC)CC1. The van der Waals surface area contributed by atoms with Crippen LogP contribution in [0.15, 0.2) is 12.7 Å². The zero-order valence-corrected chi connectivity index (χ0v) is 9.37. The lowest BCUT2D eigenvalue weighted by Crippen LogP contribution is -2.40. The van der Waals surface area contributed by atoms with Gasteiger partial charge >= 0.3 is 6.09 Å². The molecule has 0 bridgehead atoms. The Morgan fingerprint density at radius 1 is 1.60 bits per heavy atom. The molecule has 4 heteroatoms. The van der Waals surface area contributed by atoms with Gasteiger partial charge in [0.1, 0.15) is 6.61 Å². The standard InChI is InChI=1S/C11H20N2O2/c1-3-8-15-11(14)13-6-4-10(5-7-13)9-12-2/h3,10,12H,1,4-9H2,2H3. The van der Waals surface area contributed by atoms with Crippen molar-refractivity contribution in [1.29, 1.82) is 0 Å². The minimum absolute atomic E-state index is 0.210. The summed E-state index contributed by atoms with van der Waals surface area (Å²) in [6, 6.07) is 0. The summed E-state index contributed by atoms with van der Waals surface area (Å²) in [4.78, 5) is 13.2. The molecule has 1 aliphatic heterocycles. The number of carbonyl (C=O) groups excluding carboxylic acids is 1. The van der Waals surface area contributed by atoms with Crippen molar-refractivity contribution in [3.05, 3.63) is 12.7 Å². The molecule has 0 aromatic carbocycles. The van der Waals surface area contributed by atoms with Crippen molar-refractivity contribution in [2.24, 2.45) is 5.92 Å². The second-order valence-corrected chi connectivity index (χ2v) is 3.85. The highest BCUT2D eigenvalue weighted by Gasteiger charge is 2.22. The van der Waals surface area contributed by atoms with E-state index in [2.05, 4.69) is 11.9 Å². The molecule has 1 rings (SSSR count). The molecule has 0 unspecified atom stereocenters. The van der Waals surface area contributed by atoms with Gasteiger partial charge in [-0.15, -0.1) is 0 Å². The predicted molar refractivity (Wildman–Crippen MR) is 59.8 cm³/mol. The molecule has 1 fully saturated rings. The molecule has 1 heterocycles. The lowest BCUT2D eigenvalue weighted by molar-refractivity contribution is 0.0963. The lowest BCUT2D eigenvalue weighted by Gasteiger charge is -2.31. The first-order chi connectivity index (χ1) is 7.27. The molecule has 0 aromatic heterocycles. The van der Waals surface area contributed by atoms with Gasteiger partial charge in [-0.2, -0.15) is 0 Å². The molecule has 1 N–H and O–H groups in total. The van der Waals surface area contributed by atoms with Crippen molar-refractivity contribution in [3.63, 3.8) is 0 Å². The van der Waals surface area contributed by atoms with E-state index in [4.69, 9.17) is 4.74 Å². The molecular weight excluding hydrogens is 192 g/mol. The van der Waals surface area contributed by atoms with E-state index in [0.717, 1.165) is 32.5 Å². The average Bonchev–Trinajstić information content (AvgIpc) is 2.27. The fourth-order valence-corrected chi connectivity index (χ4v) is 1.83. The minimum atomic E-state index is -0.210. The highest BCUT2D eigenvalue weighted by Crippen LogP contribution is 2.16. The quantitative estimate of drug-likeness (QED) is 0.713. The third kappa shape index (κ3) is 3.91. The average molecular weight is 212 g/mol. The van der Waals surface area contributed by atoms with Crippen LogP contribution in [0.5, 0.6) is 0 Å². The van der Waals surface area contributed by atoms with E-state index >= 15 is 0 Å². The molecule has 4 nitrogen and oxygen atoms in total. The second kappa shape index (κ2) is 6.45. The molecular formula is C11H20N2O2.